The third-order valence-corrected chi connectivity index (χ3v) is 1.13. The molecule has 0 saturated carbocycles. The fraction of sp³-hybridized carbons (Fsp3) is 0.833. The molecule has 0 aliphatic rings. The van der Waals surface area contributed by atoms with E-state index in [1.165, 1.54) is 0 Å². The average Bonchev–Trinajstić information content (AvgIpc) is 1.85. The molecule has 0 rings (SSSR count). The van der Waals surface area contributed by atoms with Gasteiger partial charge in [-0.25, -0.2) is 0 Å². The molecule has 4 nitrogen and oxygen atoms in total. The predicted octanol–water partition coefficient (Wildman–Crippen LogP) is 0.653. The Balaban J connectivity index is 3.72. The highest BCUT2D eigenvalue weighted by Crippen LogP contribution is 2.03. The molecular formula is C6H12N2O2. The molecule has 0 aliphatic carbocycles. The van der Waals surface area contributed by atoms with Gasteiger partial charge in [0.1, 0.15) is 0 Å². The summed E-state index contributed by atoms with van der Waals surface area (Å²) in [5, 5.41) is 2.23. The van der Waals surface area contributed by atoms with E-state index < -0.39 is 11.9 Å². The normalized spacial score (nSPS) is 13.2. The number of nitrogens with zero attached hydrogens (tertiary/aromatic N) is 1. The molecule has 4 heteroatoms. The van der Waals surface area contributed by atoms with E-state index in [1.807, 2.05) is 13.8 Å². The molecule has 0 radical (unpaired) electrons. The first-order valence-electron chi connectivity index (χ1n) is 3.20. The molecule has 0 fully saturated rings. The first kappa shape index (κ1) is 9.23. The minimum atomic E-state index is -0.756. The van der Waals surface area contributed by atoms with Crippen LogP contribution in [0.15, 0.2) is 5.18 Å². The van der Waals surface area contributed by atoms with E-state index >= 15 is 0 Å². The minimum absolute atomic E-state index is 0.320. The van der Waals surface area contributed by atoms with Crippen molar-refractivity contribution >= 4 is 5.91 Å². The van der Waals surface area contributed by atoms with Gasteiger partial charge in [-0.05, 0) is 12.3 Å². The SMILES string of the molecule is CC(C)C[C@H](N)C(=O)N=O. The molecule has 0 heterocycles. The van der Waals surface area contributed by atoms with Gasteiger partial charge in [-0.1, -0.05) is 13.8 Å². The molecule has 0 aromatic rings. The fourth-order valence-electron chi connectivity index (χ4n) is 0.676. The smallest absolute Gasteiger partial charge is 0.302 e. The minimum Gasteiger partial charge on any atom is -0.320 e. The molecule has 0 aliphatic heterocycles. The number of carbonyl (C=O) groups excluding carboxylic acids is 1. The van der Waals surface area contributed by atoms with E-state index in [4.69, 9.17) is 5.73 Å². The van der Waals surface area contributed by atoms with Crippen molar-refractivity contribution in [3.63, 3.8) is 0 Å². The summed E-state index contributed by atoms with van der Waals surface area (Å²) in [5.41, 5.74) is 5.29. The van der Waals surface area contributed by atoms with Crippen molar-refractivity contribution in [2.24, 2.45) is 16.8 Å². The van der Waals surface area contributed by atoms with E-state index in [1.54, 1.807) is 0 Å². The molecule has 0 aromatic carbocycles. The Morgan fingerprint density at radius 2 is 2.10 bits per heavy atom. The summed E-state index contributed by atoms with van der Waals surface area (Å²) in [5.74, 6) is -0.436. The maximum atomic E-state index is 10.4. The summed E-state index contributed by atoms with van der Waals surface area (Å²) in [4.78, 5) is 20.1. The van der Waals surface area contributed by atoms with Crippen LogP contribution in [0.5, 0.6) is 0 Å². The zero-order valence-corrected chi connectivity index (χ0v) is 6.20. The second-order valence-electron chi connectivity index (χ2n) is 2.67. The lowest BCUT2D eigenvalue weighted by atomic mass is 10.0. The quantitative estimate of drug-likeness (QED) is 0.591. The lowest BCUT2D eigenvalue weighted by Gasteiger charge is -2.07. The van der Waals surface area contributed by atoms with Crippen molar-refractivity contribution in [2.45, 2.75) is 26.3 Å². The van der Waals surface area contributed by atoms with Crippen LogP contribution in [0, 0.1) is 10.8 Å². The first-order valence-corrected chi connectivity index (χ1v) is 3.20. The summed E-state index contributed by atoms with van der Waals surface area (Å²) in [6, 6.07) is -0.711. The summed E-state index contributed by atoms with van der Waals surface area (Å²) >= 11 is 0. The van der Waals surface area contributed by atoms with Crippen molar-refractivity contribution in [1.82, 2.24) is 0 Å². The molecule has 0 bridgehead atoms. The van der Waals surface area contributed by atoms with Crippen LogP contribution >= 0.6 is 0 Å². The molecule has 2 N–H and O–H groups in total. The van der Waals surface area contributed by atoms with Gasteiger partial charge in [0.05, 0.1) is 6.04 Å². The highest BCUT2D eigenvalue weighted by Gasteiger charge is 2.14. The van der Waals surface area contributed by atoms with Crippen molar-refractivity contribution in [3.8, 4) is 0 Å². The highest BCUT2D eigenvalue weighted by atomic mass is 16.3. The summed E-state index contributed by atoms with van der Waals surface area (Å²) in [7, 11) is 0. The highest BCUT2D eigenvalue weighted by molar-refractivity contribution is 5.81. The maximum absolute atomic E-state index is 10.4. The average molecular weight is 144 g/mol. The van der Waals surface area contributed by atoms with Crippen molar-refractivity contribution < 1.29 is 4.79 Å². The summed E-state index contributed by atoms with van der Waals surface area (Å²) < 4.78 is 0. The first-order chi connectivity index (χ1) is 4.57. The van der Waals surface area contributed by atoms with Gasteiger partial charge in [0.25, 0.3) is 0 Å². The van der Waals surface area contributed by atoms with Gasteiger partial charge < -0.3 is 5.73 Å². The van der Waals surface area contributed by atoms with Crippen molar-refractivity contribution in [3.05, 3.63) is 4.91 Å². The van der Waals surface area contributed by atoms with Crippen LogP contribution in [-0.2, 0) is 4.79 Å². The van der Waals surface area contributed by atoms with Gasteiger partial charge in [-0.2, -0.15) is 0 Å². The molecule has 1 amide bonds. The van der Waals surface area contributed by atoms with Crippen LogP contribution < -0.4 is 5.73 Å². The monoisotopic (exact) mass is 144 g/mol. The molecule has 58 valence electrons. The van der Waals surface area contributed by atoms with Crippen LogP contribution in [-0.4, -0.2) is 11.9 Å². The fourth-order valence-corrected chi connectivity index (χ4v) is 0.676. The molecular weight excluding hydrogens is 132 g/mol. The zero-order valence-electron chi connectivity index (χ0n) is 6.20. The van der Waals surface area contributed by atoms with Gasteiger partial charge in [0.2, 0.25) is 0 Å². The molecule has 0 saturated heterocycles. The van der Waals surface area contributed by atoms with E-state index in [9.17, 15) is 9.70 Å². The Morgan fingerprint density at radius 1 is 1.60 bits per heavy atom. The van der Waals surface area contributed by atoms with Gasteiger partial charge in [-0.3, -0.25) is 4.79 Å². The van der Waals surface area contributed by atoms with Crippen molar-refractivity contribution in [2.75, 3.05) is 0 Å². The van der Waals surface area contributed by atoms with Crippen molar-refractivity contribution in [1.29, 1.82) is 0 Å². The number of carbonyl (C=O) groups is 1. The van der Waals surface area contributed by atoms with Crippen LogP contribution in [0.25, 0.3) is 0 Å². The molecule has 0 unspecified atom stereocenters. The second kappa shape index (κ2) is 4.11. The number of rotatable bonds is 3. The topological polar surface area (TPSA) is 72.5 Å². The summed E-state index contributed by atoms with van der Waals surface area (Å²) in [6.45, 7) is 3.86. The van der Waals surface area contributed by atoms with Crippen LogP contribution in [0.3, 0.4) is 0 Å². The third kappa shape index (κ3) is 3.29. The molecule has 1 atom stereocenters. The predicted molar refractivity (Wildman–Crippen MR) is 38.2 cm³/mol. The number of hydrogen-bond acceptors (Lipinski definition) is 3. The van der Waals surface area contributed by atoms with Crippen LogP contribution in [0.2, 0.25) is 0 Å². The van der Waals surface area contributed by atoms with Crippen LogP contribution in [0.1, 0.15) is 20.3 Å². The van der Waals surface area contributed by atoms with Gasteiger partial charge >= 0.3 is 5.91 Å². The molecule has 0 aromatic heterocycles. The lowest BCUT2D eigenvalue weighted by molar-refractivity contribution is -0.119. The Morgan fingerprint density at radius 3 is 2.40 bits per heavy atom. The van der Waals surface area contributed by atoms with E-state index in [-0.39, 0.29) is 0 Å². The third-order valence-electron chi connectivity index (χ3n) is 1.13. The number of hydrogen-bond donors (Lipinski definition) is 1. The Kier molecular flexibility index (Phi) is 3.79. The Hall–Kier alpha value is -0.770. The van der Waals surface area contributed by atoms with E-state index in [2.05, 4.69) is 5.18 Å². The maximum Gasteiger partial charge on any atom is 0.302 e. The Labute approximate surface area is 59.8 Å². The zero-order chi connectivity index (χ0) is 8.15. The second-order valence-corrected chi connectivity index (χ2v) is 2.67. The van der Waals surface area contributed by atoms with Gasteiger partial charge in [0, 0.05) is 5.18 Å². The number of amides is 1. The molecule has 0 spiro atoms. The van der Waals surface area contributed by atoms with E-state index in [0.29, 0.717) is 12.3 Å². The molecule has 10 heavy (non-hydrogen) atoms. The van der Waals surface area contributed by atoms with Gasteiger partial charge in [-0.15, -0.1) is 4.91 Å². The largest absolute Gasteiger partial charge is 0.320 e. The Bertz CT molecular complexity index is 134. The van der Waals surface area contributed by atoms with Crippen LogP contribution in [0.4, 0.5) is 0 Å². The number of nitrogens with two attached hydrogens (primary N) is 1. The standard InChI is InChI=1S/C6H12N2O2/c1-4(2)3-5(7)6(9)8-10/h4-5H,3,7H2,1-2H3/t5-/m0/s1. The summed E-state index contributed by atoms with van der Waals surface area (Å²) in [6.07, 6.45) is 0.518. The lowest BCUT2D eigenvalue weighted by Crippen LogP contribution is -2.30. The number of nitroso groups, excluding NO2 is 1. The van der Waals surface area contributed by atoms with Gasteiger partial charge in [0.15, 0.2) is 0 Å². The van der Waals surface area contributed by atoms with E-state index in [0.717, 1.165) is 0 Å².